The number of halogens is 3. The van der Waals surface area contributed by atoms with Crippen molar-refractivity contribution in [3.05, 3.63) is 60.4 Å². The third-order valence-electron chi connectivity index (χ3n) is 5.54. The number of benzene rings is 2. The van der Waals surface area contributed by atoms with Gasteiger partial charge in [0, 0.05) is 24.2 Å². The van der Waals surface area contributed by atoms with Crippen LogP contribution in [0, 0.1) is 0 Å². The topological polar surface area (TPSA) is 92.5 Å². The van der Waals surface area contributed by atoms with E-state index in [-0.39, 0.29) is 30.5 Å². The molecule has 12 heteroatoms. The van der Waals surface area contributed by atoms with Crippen LogP contribution in [-0.2, 0) is 11.3 Å². The van der Waals surface area contributed by atoms with Crippen LogP contribution in [0.5, 0.6) is 0 Å². The van der Waals surface area contributed by atoms with Gasteiger partial charge in [-0.2, -0.15) is 23.3 Å². The van der Waals surface area contributed by atoms with E-state index < -0.39 is 18.6 Å². The molecule has 1 fully saturated rings. The quantitative estimate of drug-likeness (QED) is 0.400. The van der Waals surface area contributed by atoms with Gasteiger partial charge in [0.1, 0.15) is 6.33 Å². The average molecular weight is 531 g/mol. The number of alkyl halides is 3. The second-order valence-corrected chi connectivity index (χ2v) is 9.63. The predicted molar refractivity (Wildman–Crippen MR) is 138 cm³/mol. The van der Waals surface area contributed by atoms with Crippen molar-refractivity contribution in [2.24, 2.45) is 4.99 Å². The van der Waals surface area contributed by atoms with Gasteiger partial charge in [0.2, 0.25) is 5.91 Å². The van der Waals surface area contributed by atoms with E-state index in [0.717, 1.165) is 5.56 Å². The molecule has 0 atom stereocenters. The minimum atomic E-state index is -4.20. The van der Waals surface area contributed by atoms with Gasteiger partial charge in [0.25, 0.3) is 0 Å². The van der Waals surface area contributed by atoms with Crippen LogP contribution >= 0.6 is 11.8 Å². The molecule has 2 heterocycles. The third kappa shape index (κ3) is 6.76. The Morgan fingerprint density at radius 1 is 1.16 bits per heavy atom. The van der Waals surface area contributed by atoms with E-state index in [1.165, 1.54) is 27.7 Å². The molecule has 0 unspecified atom stereocenters. The Bertz CT molecular complexity index is 1300. The van der Waals surface area contributed by atoms with Crippen molar-refractivity contribution < 1.29 is 22.8 Å². The van der Waals surface area contributed by atoms with Crippen LogP contribution < -0.4 is 10.2 Å². The predicted octanol–water partition coefficient (Wildman–Crippen LogP) is 6.08. The highest BCUT2D eigenvalue weighted by atomic mass is 32.2. The molecule has 0 bridgehead atoms. The number of carbonyl (C=O) groups excluding carboxylic acids is 2. The summed E-state index contributed by atoms with van der Waals surface area (Å²) in [6.45, 7) is 4.18. The summed E-state index contributed by atoms with van der Waals surface area (Å²) in [6.07, 6.45) is -3.77. The lowest BCUT2D eigenvalue weighted by molar-refractivity contribution is -0.136. The molecule has 1 aliphatic heterocycles. The van der Waals surface area contributed by atoms with Gasteiger partial charge in [-0.1, -0.05) is 43.8 Å². The largest absolute Gasteiger partial charge is 0.389 e. The first-order chi connectivity index (χ1) is 17.6. The lowest BCUT2D eigenvalue weighted by Crippen LogP contribution is -2.31. The fourth-order valence-electron chi connectivity index (χ4n) is 3.78. The number of amides is 3. The number of urea groups is 1. The van der Waals surface area contributed by atoms with Crippen molar-refractivity contribution in [2.75, 3.05) is 16.0 Å². The maximum Gasteiger partial charge on any atom is 0.389 e. The Kier molecular flexibility index (Phi) is 7.96. The highest BCUT2D eigenvalue weighted by Gasteiger charge is 2.32. The number of rotatable bonds is 7. The number of nitrogens with one attached hydrogen (secondary N) is 1. The molecule has 0 radical (unpaired) electrons. The van der Waals surface area contributed by atoms with Crippen molar-refractivity contribution in [3.63, 3.8) is 0 Å². The van der Waals surface area contributed by atoms with Gasteiger partial charge in [-0.05, 0) is 48.2 Å². The van der Waals surface area contributed by atoms with E-state index >= 15 is 0 Å². The fourth-order valence-corrected chi connectivity index (χ4v) is 4.64. The van der Waals surface area contributed by atoms with E-state index in [4.69, 9.17) is 0 Å². The van der Waals surface area contributed by atoms with Crippen LogP contribution in [0.25, 0.3) is 11.4 Å². The van der Waals surface area contributed by atoms with Crippen molar-refractivity contribution in [2.45, 2.75) is 45.3 Å². The second-order valence-electron chi connectivity index (χ2n) is 8.68. The zero-order chi connectivity index (χ0) is 26.6. The number of anilines is 2. The molecule has 3 aromatic rings. The maximum atomic E-state index is 12.6. The van der Waals surface area contributed by atoms with Crippen LogP contribution in [0.15, 0.2) is 59.9 Å². The first-order valence-electron chi connectivity index (χ1n) is 11.6. The van der Waals surface area contributed by atoms with Crippen molar-refractivity contribution in [1.82, 2.24) is 14.8 Å². The SMILES string of the molecule is CC(C)c1ccccc1N1C(=O)CS/C1=N\C(=O)Nc1ccc(-c2ncn(CCCC(F)(F)F)n2)cc1. The second kappa shape index (κ2) is 11.2. The number of thioether (sulfide) groups is 1. The number of hydrogen-bond acceptors (Lipinski definition) is 5. The van der Waals surface area contributed by atoms with E-state index in [1.54, 1.807) is 24.3 Å². The maximum absolute atomic E-state index is 12.6. The number of para-hydroxylation sites is 1. The number of carbonyl (C=O) groups is 2. The summed E-state index contributed by atoms with van der Waals surface area (Å²) >= 11 is 1.21. The number of aromatic nitrogens is 3. The summed E-state index contributed by atoms with van der Waals surface area (Å²) in [5.74, 6) is 0.608. The van der Waals surface area contributed by atoms with Crippen LogP contribution in [0.3, 0.4) is 0 Å². The summed E-state index contributed by atoms with van der Waals surface area (Å²) in [6, 6.07) is 13.6. The third-order valence-corrected chi connectivity index (χ3v) is 6.46. The van der Waals surface area contributed by atoms with E-state index in [1.807, 2.05) is 38.1 Å². The standard InChI is InChI=1S/C25H25F3N6O2S/c1-16(2)19-6-3-4-7-20(19)34-21(35)14-37-24(34)31-23(36)30-18-10-8-17(9-11-18)22-29-15-33(32-22)13-5-12-25(26,27)28/h3-4,6-11,15-16H,5,12-14H2,1-2H3,(H,30,36)/b31-24-. The molecule has 8 nitrogen and oxygen atoms in total. The molecule has 0 aliphatic carbocycles. The smallest absolute Gasteiger partial charge is 0.306 e. The molecule has 1 aliphatic rings. The Hall–Kier alpha value is -3.67. The van der Waals surface area contributed by atoms with Crippen LogP contribution in [0.4, 0.5) is 29.3 Å². The van der Waals surface area contributed by atoms with Gasteiger partial charge >= 0.3 is 12.2 Å². The molecule has 0 spiro atoms. The molecule has 1 saturated heterocycles. The number of amidine groups is 1. The average Bonchev–Trinajstić information content (AvgIpc) is 3.45. The van der Waals surface area contributed by atoms with E-state index in [9.17, 15) is 22.8 Å². The number of aryl methyl sites for hydroxylation is 1. The van der Waals surface area contributed by atoms with Gasteiger partial charge in [-0.3, -0.25) is 14.4 Å². The molecule has 4 rings (SSSR count). The Balaban J connectivity index is 1.41. The van der Waals surface area contributed by atoms with Gasteiger partial charge in [-0.25, -0.2) is 9.78 Å². The van der Waals surface area contributed by atoms with Crippen LogP contribution in [0.1, 0.15) is 38.2 Å². The van der Waals surface area contributed by atoms with Gasteiger partial charge in [0.15, 0.2) is 11.0 Å². The normalized spacial score (nSPS) is 15.1. The summed E-state index contributed by atoms with van der Waals surface area (Å²) in [4.78, 5) is 35.0. The van der Waals surface area contributed by atoms with Gasteiger partial charge < -0.3 is 5.32 Å². The molecular formula is C25H25F3N6O2S. The number of nitrogens with zero attached hydrogens (tertiary/aromatic N) is 5. The molecule has 1 N–H and O–H groups in total. The number of aliphatic imine (C=N–C) groups is 1. The lowest BCUT2D eigenvalue weighted by atomic mass is 10.0. The fraction of sp³-hybridized carbons (Fsp3) is 0.320. The van der Waals surface area contributed by atoms with E-state index in [0.29, 0.717) is 27.9 Å². The summed E-state index contributed by atoms with van der Waals surface area (Å²) < 4.78 is 38.4. The molecule has 0 saturated carbocycles. The summed E-state index contributed by atoms with van der Waals surface area (Å²) in [5.41, 5.74) is 2.82. The number of hydrogen-bond donors (Lipinski definition) is 1. The Labute approximate surface area is 216 Å². The molecular weight excluding hydrogens is 505 g/mol. The highest BCUT2D eigenvalue weighted by Crippen LogP contribution is 2.33. The Morgan fingerprint density at radius 2 is 1.89 bits per heavy atom. The first-order valence-corrected chi connectivity index (χ1v) is 12.6. The van der Waals surface area contributed by atoms with E-state index in [2.05, 4.69) is 20.4 Å². The van der Waals surface area contributed by atoms with Crippen molar-refractivity contribution >= 4 is 40.2 Å². The van der Waals surface area contributed by atoms with Crippen LogP contribution in [-0.4, -0.2) is 43.8 Å². The van der Waals surface area contributed by atoms with Crippen molar-refractivity contribution in [3.8, 4) is 11.4 Å². The molecule has 37 heavy (non-hydrogen) atoms. The van der Waals surface area contributed by atoms with Gasteiger partial charge in [-0.15, -0.1) is 0 Å². The zero-order valence-electron chi connectivity index (χ0n) is 20.2. The first kappa shape index (κ1) is 26.4. The summed E-state index contributed by atoms with van der Waals surface area (Å²) in [5, 5.41) is 7.21. The van der Waals surface area contributed by atoms with Crippen LogP contribution in [0.2, 0.25) is 0 Å². The monoisotopic (exact) mass is 530 g/mol. The highest BCUT2D eigenvalue weighted by molar-refractivity contribution is 8.15. The van der Waals surface area contributed by atoms with Gasteiger partial charge in [0.05, 0.1) is 11.4 Å². The molecule has 3 amide bonds. The van der Waals surface area contributed by atoms with Crippen molar-refractivity contribution in [1.29, 1.82) is 0 Å². The lowest BCUT2D eigenvalue weighted by Gasteiger charge is -2.21. The minimum Gasteiger partial charge on any atom is -0.306 e. The summed E-state index contributed by atoms with van der Waals surface area (Å²) in [7, 11) is 0. The minimum absolute atomic E-state index is 0.0792. The molecule has 194 valence electrons. The molecule has 1 aromatic heterocycles. The molecule has 2 aromatic carbocycles. The Morgan fingerprint density at radius 3 is 2.59 bits per heavy atom. The zero-order valence-corrected chi connectivity index (χ0v) is 21.0.